The van der Waals surface area contributed by atoms with Gasteiger partial charge in [0.25, 0.3) is 10.0 Å². The average Bonchev–Trinajstić information content (AvgIpc) is 3.40. The first-order chi connectivity index (χ1) is 14.9. The van der Waals surface area contributed by atoms with E-state index >= 15 is 0 Å². The molecule has 168 valence electrons. The van der Waals surface area contributed by atoms with Crippen molar-refractivity contribution in [3.05, 3.63) is 42.4 Å². The van der Waals surface area contributed by atoms with Crippen LogP contribution in [0.3, 0.4) is 0 Å². The van der Waals surface area contributed by atoms with Crippen molar-refractivity contribution in [1.29, 1.82) is 0 Å². The highest BCUT2D eigenvalue weighted by molar-refractivity contribution is 7.89. The molecule has 2 aromatic rings. The minimum atomic E-state index is -3.76. The van der Waals surface area contributed by atoms with Gasteiger partial charge in [-0.1, -0.05) is 12.1 Å². The second-order valence-electron chi connectivity index (χ2n) is 8.09. The van der Waals surface area contributed by atoms with Crippen LogP contribution in [-0.2, 0) is 26.6 Å². The Morgan fingerprint density at radius 2 is 1.90 bits per heavy atom. The van der Waals surface area contributed by atoms with Gasteiger partial charge in [0.2, 0.25) is 5.91 Å². The van der Waals surface area contributed by atoms with E-state index in [-0.39, 0.29) is 28.8 Å². The number of morpholine rings is 1. The third kappa shape index (κ3) is 4.76. The summed E-state index contributed by atoms with van der Waals surface area (Å²) in [6, 6.07) is 7.31. The van der Waals surface area contributed by atoms with Crippen LogP contribution in [0.25, 0.3) is 0 Å². The molecule has 1 N–H and O–H groups in total. The van der Waals surface area contributed by atoms with Crippen molar-refractivity contribution in [3.8, 4) is 5.75 Å². The topological polar surface area (TPSA) is 103 Å². The number of benzene rings is 1. The molecular weight excluding hydrogens is 420 g/mol. The fourth-order valence-corrected chi connectivity index (χ4v) is 5.70. The van der Waals surface area contributed by atoms with Gasteiger partial charge in [0.15, 0.2) is 5.03 Å². The van der Waals surface area contributed by atoms with Crippen molar-refractivity contribution in [2.45, 2.75) is 29.8 Å². The Bertz CT molecular complexity index is 1010. The van der Waals surface area contributed by atoms with E-state index < -0.39 is 10.0 Å². The number of aromatic nitrogens is 2. The first kappa shape index (κ1) is 21.8. The van der Waals surface area contributed by atoms with E-state index in [0.717, 1.165) is 11.3 Å². The molecule has 1 aromatic heterocycles. The van der Waals surface area contributed by atoms with Crippen molar-refractivity contribution in [3.63, 3.8) is 0 Å². The number of rotatable bonds is 6. The van der Waals surface area contributed by atoms with E-state index in [4.69, 9.17) is 9.47 Å². The van der Waals surface area contributed by atoms with Crippen molar-refractivity contribution in [1.82, 2.24) is 19.2 Å². The molecule has 9 nitrogen and oxygen atoms in total. The zero-order valence-corrected chi connectivity index (χ0v) is 18.5. The molecule has 31 heavy (non-hydrogen) atoms. The predicted octanol–water partition coefficient (Wildman–Crippen LogP) is 1.13. The summed E-state index contributed by atoms with van der Waals surface area (Å²) in [6.45, 7) is 2.19. The van der Waals surface area contributed by atoms with Crippen LogP contribution in [0, 0.1) is 5.92 Å². The van der Waals surface area contributed by atoms with Crippen LogP contribution in [0.4, 0.5) is 0 Å². The zero-order chi connectivity index (χ0) is 22.0. The molecule has 2 aliphatic rings. The molecule has 1 aromatic carbocycles. The molecule has 1 saturated carbocycles. The molecule has 3 atom stereocenters. The number of carbonyl (C=O) groups is 1. The van der Waals surface area contributed by atoms with Gasteiger partial charge in [-0.2, -0.15) is 0 Å². The number of methoxy groups -OCH3 is 1. The summed E-state index contributed by atoms with van der Waals surface area (Å²) in [4.78, 5) is 19.1. The smallest absolute Gasteiger partial charge is 0.259 e. The molecule has 10 heteroatoms. The molecule has 4 rings (SSSR count). The largest absolute Gasteiger partial charge is 0.497 e. The first-order valence-corrected chi connectivity index (χ1v) is 11.9. The zero-order valence-electron chi connectivity index (χ0n) is 17.7. The number of carbonyl (C=O) groups excluding carboxylic acids is 1. The minimum absolute atomic E-state index is 0.0149. The second kappa shape index (κ2) is 8.97. The number of nitrogens with zero attached hydrogens (tertiary/aromatic N) is 3. The quantitative estimate of drug-likeness (QED) is 0.711. The fraction of sp³-hybridized carbons (Fsp3) is 0.524. The molecule has 0 radical (unpaired) electrons. The van der Waals surface area contributed by atoms with Crippen LogP contribution in [0.15, 0.2) is 41.8 Å². The van der Waals surface area contributed by atoms with Crippen molar-refractivity contribution < 1.29 is 22.7 Å². The van der Waals surface area contributed by atoms with Crippen LogP contribution in [0.1, 0.15) is 24.3 Å². The average molecular weight is 449 g/mol. The van der Waals surface area contributed by atoms with E-state index in [1.165, 1.54) is 12.5 Å². The number of hydrogen-bond acceptors (Lipinski definition) is 6. The summed E-state index contributed by atoms with van der Waals surface area (Å²) in [5, 5.41) is -0.0149. The molecule has 2 heterocycles. The normalized spacial score (nSPS) is 24.3. The number of nitrogens with one attached hydrogen (secondary N) is 1. The Labute approximate surface area is 182 Å². The van der Waals surface area contributed by atoms with E-state index in [1.54, 1.807) is 18.7 Å². The fourth-order valence-electron chi connectivity index (χ4n) is 4.45. The summed E-state index contributed by atoms with van der Waals surface area (Å²) in [5.74, 6) is 0.412. The van der Waals surface area contributed by atoms with Gasteiger partial charge in [0, 0.05) is 38.3 Å². The molecule has 1 amide bonds. The van der Waals surface area contributed by atoms with Gasteiger partial charge in [-0.25, -0.2) is 18.1 Å². The standard InChI is InChI=1S/C21H28N4O5S/c1-24-13-20(22-14-24)31(27,28)23-16-11-18(15-3-5-17(29-2)6-4-15)19(12-16)21(26)25-7-9-30-10-8-25/h3-6,13-14,16,18-19,23H,7-12H2,1-2H3/t16-,18+,19-/m0/s1. The van der Waals surface area contributed by atoms with Crippen molar-refractivity contribution in [2.24, 2.45) is 13.0 Å². The number of aryl methyl sites for hydroxylation is 1. The van der Waals surface area contributed by atoms with Crippen LogP contribution >= 0.6 is 0 Å². The van der Waals surface area contributed by atoms with Gasteiger partial charge in [-0.15, -0.1) is 0 Å². The number of ether oxygens (including phenoxy) is 2. The van der Waals surface area contributed by atoms with E-state index in [9.17, 15) is 13.2 Å². The molecule has 0 spiro atoms. The third-order valence-corrected chi connectivity index (χ3v) is 7.43. The Kier molecular flexibility index (Phi) is 6.31. The highest BCUT2D eigenvalue weighted by Crippen LogP contribution is 2.42. The van der Waals surface area contributed by atoms with Crippen LogP contribution in [0.2, 0.25) is 0 Å². The van der Waals surface area contributed by atoms with Gasteiger partial charge in [-0.3, -0.25) is 4.79 Å². The van der Waals surface area contributed by atoms with Gasteiger partial charge < -0.3 is 18.9 Å². The summed E-state index contributed by atoms with van der Waals surface area (Å²) < 4.78 is 40.6. The SMILES string of the molecule is COc1ccc([C@H]2C[C@H](NS(=O)(=O)c3cn(C)cn3)C[C@@H]2C(=O)N2CCOCC2)cc1. The lowest BCUT2D eigenvalue weighted by atomic mass is 9.88. The van der Waals surface area contributed by atoms with Gasteiger partial charge in [0.05, 0.1) is 26.7 Å². The summed E-state index contributed by atoms with van der Waals surface area (Å²) >= 11 is 0. The molecule has 0 unspecified atom stereocenters. The first-order valence-electron chi connectivity index (χ1n) is 10.4. The minimum Gasteiger partial charge on any atom is -0.497 e. The van der Waals surface area contributed by atoms with Crippen molar-refractivity contribution in [2.75, 3.05) is 33.4 Å². The third-order valence-electron chi connectivity index (χ3n) is 6.02. The Morgan fingerprint density at radius 1 is 1.19 bits per heavy atom. The van der Waals surface area contributed by atoms with Crippen molar-refractivity contribution >= 4 is 15.9 Å². The molecule has 2 fully saturated rings. The van der Waals surface area contributed by atoms with Crippen LogP contribution < -0.4 is 9.46 Å². The molecule has 1 saturated heterocycles. The van der Waals surface area contributed by atoms with Gasteiger partial charge in [-0.05, 0) is 36.5 Å². The lowest BCUT2D eigenvalue weighted by Gasteiger charge is -2.31. The maximum absolute atomic E-state index is 13.3. The number of imidazole rings is 1. The van der Waals surface area contributed by atoms with E-state index in [1.807, 2.05) is 29.2 Å². The number of hydrogen-bond donors (Lipinski definition) is 1. The van der Waals surface area contributed by atoms with E-state index in [2.05, 4.69) is 9.71 Å². The maximum atomic E-state index is 13.3. The Morgan fingerprint density at radius 3 is 2.52 bits per heavy atom. The van der Waals surface area contributed by atoms with Crippen LogP contribution in [-0.4, -0.2) is 68.2 Å². The molecular formula is C21H28N4O5S. The second-order valence-corrected chi connectivity index (χ2v) is 9.75. The molecule has 1 aliphatic heterocycles. The summed E-state index contributed by atoms with van der Waals surface area (Å²) in [6.07, 6.45) is 3.90. The summed E-state index contributed by atoms with van der Waals surface area (Å²) in [7, 11) is -0.431. The Hall–Kier alpha value is -2.43. The number of amides is 1. The molecule has 0 bridgehead atoms. The van der Waals surface area contributed by atoms with Crippen LogP contribution in [0.5, 0.6) is 5.75 Å². The lowest BCUT2D eigenvalue weighted by Crippen LogP contribution is -2.44. The van der Waals surface area contributed by atoms with Gasteiger partial charge in [0.1, 0.15) is 5.75 Å². The highest BCUT2D eigenvalue weighted by atomic mass is 32.2. The Balaban J connectivity index is 1.57. The summed E-state index contributed by atoms with van der Waals surface area (Å²) in [5.41, 5.74) is 1.01. The predicted molar refractivity (Wildman–Crippen MR) is 113 cm³/mol. The lowest BCUT2D eigenvalue weighted by molar-refractivity contribution is -0.140. The number of sulfonamides is 1. The van der Waals surface area contributed by atoms with Gasteiger partial charge >= 0.3 is 0 Å². The molecule has 1 aliphatic carbocycles. The highest BCUT2D eigenvalue weighted by Gasteiger charge is 2.43. The monoisotopic (exact) mass is 448 g/mol. The maximum Gasteiger partial charge on any atom is 0.259 e. The van der Waals surface area contributed by atoms with E-state index in [0.29, 0.717) is 39.1 Å².